The normalized spacial score (nSPS) is 11.3. The number of aryl methyl sites for hydroxylation is 2. The van der Waals surface area contributed by atoms with Crippen LogP contribution in [0.1, 0.15) is 17.0 Å². The topological polar surface area (TPSA) is 84.3 Å². The van der Waals surface area contributed by atoms with Crippen LogP contribution in [0, 0.1) is 13.8 Å². The number of rotatable bonds is 8. The Kier molecular flexibility index (Phi) is 7.68. The lowest BCUT2D eigenvalue weighted by atomic mass is 10.1. The standard InChI is InChI=1S/C26H24Cl2N4O3S/c1-18-7-9-24(10-8-18)36(34,35)32(23-14-21(27)13-22(28)15-23)17-26(33)30-16-20-5-3-4-6-25(20)31-12-11-29-19(31)2/h3-15H,16-17H2,1-2H3,(H,30,33). The van der Waals surface area contributed by atoms with Gasteiger partial charge in [0.25, 0.3) is 10.0 Å². The SMILES string of the molecule is Cc1ccc(S(=O)(=O)N(CC(=O)NCc2ccccc2-n2ccnc2C)c2cc(Cl)cc(Cl)c2)cc1. The lowest BCUT2D eigenvalue weighted by Gasteiger charge is -2.25. The van der Waals surface area contributed by atoms with E-state index < -0.39 is 22.5 Å². The van der Waals surface area contributed by atoms with E-state index in [4.69, 9.17) is 23.2 Å². The molecule has 1 heterocycles. The molecule has 0 spiro atoms. The number of nitrogens with zero attached hydrogens (tertiary/aromatic N) is 3. The van der Waals surface area contributed by atoms with Gasteiger partial charge >= 0.3 is 0 Å². The third kappa shape index (κ3) is 5.73. The van der Waals surface area contributed by atoms with E-state index in [2.05, 4.69) is 10.3 Å². The van der Waals surface area contributed by atoms with Crippen LogP contribution < -0.4 is 9.62 Å². The summed E-state index contributed by atoms with van der Waals surface area (Å²) in [7, 11) is -4.09. The molecule has 36 heavy (non-hydrogen) atoms. The Bertz CT molecular complexity index is 1480. The molecule has 0 saturated carbocycles. The van der Waals surface area contributed by atoms with E-state index in [9.17, 15) is 13.2 Å². The number of anilines is 1. The molecular formula is C26H24Cl2N4O3S. The van der Waals surface area contributed by atoms with E-state index in [0.717, 1.165) is 26.9 Å². The molecule has 7 nitrogen and oxygen atoms in total. The summed E-state index contributed by atoms with van der Waals surface area (Å²) in [5.74, 6) is 0.320. The molecule has 0 aliphatic rings. The Morgan fingerprint density at radius 2 is 1.67 bits per heavy atom. The number of imidazole rings is 1. The summed E-state index contributed by atoms with van der Waals surface area (Å²) in [6, 6.07) is 18.4. The summed E-state index contributed by atoms with van der Waals surface area (Å²) >= 11 is 12.3. The minimum Gasteiger partial charge on any atom is -0.350 e. The van der Waals surface area contributed by atoms with Gasteiger partial charge in [0.15, 0.2) is 0 Å². The van der Waals surface area contributed by atoms with E-state index >= 15 is 0 Å². The zero-order valence-electron chi connectivity index (χ0n) is 19.7. The molecule has 3 aromatic carbocycles. The molecular weight excluding hydrogens is 519 g/mol. The Balaban J connectivity index is 1.61. The number of carbonyl (C=O) groups excluding carboxylic acids is 1. The van der Waals surface area contributed by atoms with Crippen LogP contribution in [0.2, 0.25) is 10.0 Å². The number of carbonyl (C=O) groups is 1. The number of aromatic nitrogens is 2. The maximum atomic E-state index is 13.6. The summed E-state index contributed by atoms with van der Waals surface area (Å²) in [5, 5.41) is 3.35. The maximum Gasteiger partial charge on any atom is 0.264 e. The van der Waals surface area contributed by atoms with Crippen LogP contribution in [0.15, 0.2) is 84.0 Å². The predicted octanol–water partition coefficient (Wildman–Crippen LogP) is 5.31. The number of nitrogens with one attached hydrogen (secondary N) is 1. The van der Waals surface area contributed by atoms with Crippen LogP contribution in [0.3, 0.4) is 0 Å². The van der Waals surface area contributed by atoms with E-state index in [1.165, 1.54) is 30.3 Å². The van der Waals surface area contributed by atoms with Crippen molar-refractivity contribution < 1.29 is 13.2 Å². The van der Waals surface area contributed by atoms with Gasteiger partial charge in [0.2, 0.25) is 5.91 Å². The van der Waals surface area contributed by atoms with Crippen molar-refractivity contribution >= 4 is 44.8 Å². The fourth-order valence-electron chi connectivity index (χ4n) is 3.74. The number of sulfonamides is 1. The van der Waals surface area contributed by atoms with Gasteiger partial charge in [-0.25, -0.2) is 13.4 Å². The minimum absolute atomic E-state index is 0.0536. The summed E-state index contributed by atoms with van der Waals surface area (Å²) in [6.07, 6.45) is 3.55. The summed E-state index contributed by atoms with van der Waals surface area (Å²) in [6.45, 7) is 3.49. The number of hydrogen-bond acceptors (Lipinski definition) is 4. The highest BCUT2D eigenvalue weighted by Crippen LogP contribution is 2.29. The van der Waals surface area contributed by atoms with Gasteiger partial charge in [-0.1, -0.05) is 59.1 Å². The van der Waals surface area contributed by atoms with Crippen LogP contribution >= 0.6 is 23.2 Å². The van der Waals surface area contributed by atoms with Crippen LogP contribution in [0.5, 0.6) is 0 Å². The van der Waals surface area contributed by atoms with E-state index in [1.807, 2.05) is 48.9 Å². The van der Waals surface area contributed by atoms with Crippen LogP contribution in [0.4, 0.5) is 5.69 Å². The van der Waals surface area contributed by atoms with Crippen molar-refractivity contribution in [1.82, 2.24) is 14.9 Å². The largest absolute Gasteiger partial charge is 0.350 e. The average molecular weight is 543 g/mol. The van der Waals surface area contributed by atoms with Gasteiger partial charge in [-0.15, -0.1) is 0 Å². The van der Waals surface area contributed by atoms with Crippen molar-refractivity contribution in [2.24, 2.45) is 0 Å². The van der Waals surface area contributed by atoms with Crippen molar-refractivity contribution in [3.8, 4) is 5.69 Å². The molecule has 0 saturated heterocycles. The molecule has 0 fully saturated rings. The molecule has 1 amide bonds. The molecule has 0 atom stereocenters. The number of para-hydroxylation sites is 1. The molecule has 0 aliphatic heterocycles. The van der Waals surface area contributed by atoms with Crippen molar-refractivity contribution in [2.75, 3.05) is 10.8 Å². The van der Waals surface area contributed by atoms with Crippen molar-refractivity contribution in [2.45, 2.75) is 25.3 Å². The van der Waals surface area contributed by atoms with E-state index in [0.29, 0.717) is 0 Å². The second kappa shape index (κ2) is 10.7. The number of benzene rings is 3. The molecule has 10 heteroatoms. The van der Waals surface area contributed by atoms with Gasteiger partial charge in [0.05, 0.1) is 16.3 Å². The number of halogens is 2. The van der Waals surface area contributed by atoms with Crippen molar-refractivity contribution in [3.63, 3.8) is 0 Å². The fraction of sp³-hybridized carbons (Fsp3) is 0.154. The number of amides is 1. The van der Waals surface area contributed by atoms with E-state index in [-0.39, 0.29) is 27.2 Å². The summed E-state index contributed by atoms with van der Waals surface area (Å²) in [5.41, 5.74) is 2.83. The van der Waals surface area contributed by atoms with Crippen LogP contribution in [-0.2, 0) is 21.4 Å². The molecule has 4 rings (SSSR count). The molecule has 4 aromatic rings. The van der Waals surface area contributed by atoms with Gasteiger partial charge in [0.1, 0.15) is 12.4 Å². The first kappa shape index (κ1) is 25.8. The number of hydrogen-bond donors (Lipinski definition) is 1. The Hall–Kier alpha value is -3.33. The van der Waals surface area contributed by atoms with Gasteiger partial charge in [0, 0.05) is 29.0 Å². The van der Waals surface area contributed by atoms with Crippen molar-refractivity contribution in [3.05, 3.63) is 106 Å². The highest BCUT2D eigenvalue weighted by Gasteiger charge is 2.28. The Morgan fingerprint density at radius 1 is 1.00 bits per heavy atom. The Morgan fingerprint density at radius 3 is 2.31 bits per heavy atom. The first-order chi connectivity index (χ1) is 17.1. The minimum atomic E-state index is -4.09. The third-order valence-electron chi connectivity index (χ3n) is 5.58. The van der Waals surface area contributed by atoms with Crippen molar-refractivity contribution in [1.29, 1.82) is 0 Å². The lowest BCUT2D eigenvalue weighted by molar-refractivity contribution is -0.119. The second-order valence-electron chi connectivity index (χ2n) is 8.20. The van der Waals surface area contributed by atoms with Crippen LogP contribution in [-0.4, -0.2) is 30.4 Å². The highest BCUT2D eigenvalue weighted by atomic mass is 35.5. The van der Waals surface area contributed by atoms with Crippen LogP contribution in [0.25, 0.3) is 5.69 Å². The quantitative estimate of drug-likeness (QED) is 0.327. The predicted molar refractivity (Wildman–Crippen MR) is 142 cm³/mol. The molecule has 0 unspecified atom stereocenters. The van der Waals surface area contributed by atoms with Gasteiger partial charge in [-0.3, -0.25) is 9.10 Å². The first-order valence-electron chi connectivity index (χ1n) is 11.1. The smallest absolute Gasteiger partial charge is 0.264 e. The monoisotopic (exact) mass is 542 g/mol. The third-order valence-corrected chi connectivity index (χ3v) is 7.81. The van der Waals surface area contributed by atoms with Gasteiger partial charge in [-0.05, 0) is 55.8 Å². The molecule has 0 bridgehead atoms. The highest BCUT2D eigenvalue weighted by molar-refractivity contribution is 7.92. The lowest BCUT2D eigenvalue weighted by Crippen LogP contribution is -2.40. The summed E-state index contributed by atoms with van der Waals surface area (Å²) < 4.78 is 30.1. The maximum absolute atomic E-state index is 13.6. The molecule has 1 aromatic heterocycles. The fourth-order valence-corrected chi connectivity index (χ4v) is 5.66. The average Bonchev–Trinajstić information content (AvgIpc) is 3.26. The first-order valence-corrected chi connectivity index (χ1v) is 13.2. The molecule has 1 N–H and O–H groups in total. The van der Waals surface area contributed by atoms with Gasteiger partial charge in [-0.2, -0.15) is 0 Å². The van der Waals surface area contributed by atoms with Gasteiger partial charge < -0.3 is 9.88 Å². The molecule has 186 valence electrons. The zero-order valence-corrected chi connectivity index (χ0v) is 22.0. The molecule has 0 aliphatic carbocycles. The molecule has 0 radical (unpaired) electrons. The van der Waals surface area contributed by atoms with E-state index in [1.54, 1.807) is 18.3 Å². The Labute approximate surface area is 220 Å². The second-order valence-corrected chi connectivity index (χ2v) is 10.9. The summed E-state index contributed by atoms with van der Waals surface area (Å²) in [4.78, 5) is 17.4. The zero-order chi connectivity index (χ0) is 25.9.